The number of rotatable bonds is 8. The molecule has 6 heteroatoms. The van der Waals surface area contributed by atoms with Crippen molar-refractivity contribution in [2.75, 3.05) is 10.6 Å². The second kappa shape index (κ2) is 9.44. The van der Waals surface area contributed by atoms with Gasteiger partial charge in [-0.05, 0) is 62.4 Å². The highest BCUT2D eigenvalue weighted by Gasteiger charge is 2.32. The Morgan fingerprint density at radius 2 is 1.59 bits per heavy atom. The van der Waals surface area contributed by atoms with E-state index in [1.165, 1.54) is 4.31 Å². The lowest BCUT2D eigenvalue weighted by Gasteiger charge is -2.32. The summed E-state index contributed by atoms with van der Waals surface area (Å²) in [7, 11) is -3.64. The topological polar surface area (TPSA) is 66.5 Å². The molecule has 0 bridgehead atoms. The molecule has 0 aromatic heterocycles. The van der Waals surface area contributed by atoms with Crippen molar-refractivity contribution in [3.8, 4) is 0 Å². The fourth-order valence-corrected chi connectivity index (χ4v) is 4.61. The lowest BCUT2D eigenvalue weighted by molar-refractivity contribution is -0.123. The summed E-state index contributed by atoms with van der Waals surface area (Å²) in [5.74, 6) is -0.288. The molecule has 158 valence electrons. The minimum absolute atomic E-state index is 0.168. The summed E-state index contributed by atoms with van der Waals surface area (Å²) in [6.07, 6.45) is 2.24. The summed E-state index contributed by atoms with van der Waals surface area (Å²) in [6, 6.07) is 12.5. The third-order valence-corrected chi connectivity index (χ3v) is 6.46. The molecular weight excluding hydrogens is 384 g/mol. The molecule has 0 aliphatic heterocycles. The van der Waals surface area contributed by atoms with Crippen molar-refractivity contribution in [2.45, 2.75) is 59.5 Å². The Balaban J connectivity index is 2.36. The highest BCUT2D eigenvalue weighted by Crippen LogP contribution is 2.26. The summed E-state index contributed by atoms with van der Waals surface area (Å²) in [6.45, 7) is 9.76. The molecule has 2 atom stereocenters. The predicted octanol–water partition coefficient (Wildman–Crippen LogP) is 4.42. The number of aryl methyl sites for hydroxylation is 3. The first-order chi connectivity index (χ1) is 13.6. The first-order valence-electron chi connectivity index (χ1n) is 10.0. The number of nitrogens with one attached hydrogen (secondary N) is 1. The lowest BCUT2D eigenvalue weighted by atomic mass is 10.0. The zero-order valence-electron chi connectivity index (χ0n) is 18.2. The molecule has 2 rings (SSSR count). The van der Waals surface area contributed by atoms with Gasteiger partial charge in [0.15, 0.2) is 0 Å². The molecule has 29 heavy (non-hydrogen) atoms. The number of carbonyl (C=O) groups is 1. The van der Waals surface area contributed by atoms with Crippen LogP contribution in [0.3, 0.4) is 0 Å². The van der Waals surface area contributed by atoms with Crippen molar-refractivity contribution in [3.63, 3.8) is 0 Å². The standard InChI is InChI=1S/C23H32N2O3S/c1-7-21(19-12-9-16(3)10-13-19)24-23(26)22(8-2)25(29(6,27)28)20-14-11-17(4)18(5)15-20/h9-15,21-22H,7-8H2,1-6H3,(H,24,26)/t21-,22-/m0/s1. The fraction of sp³-hybridized carbons (Fsp3) is 0.435. The van der Waals surface area contributed by atoms with Gasteiger partial charge in [-0.3, -0.25) is 9.10 Å². The molecule has 1 amide bonds. The Bertz CT molecular complexity index is 953. The van der Waals surface area contributed by atoms with Crippen LogP contribution in [0, 0.1) is 20.8 Å². The van der Waals surface area contributed by atoms with Crippen LogP contribution in [0.4, 0.5) is 5.69 Å². The van der Waals surface area contributed by atoms with E-state index >= 15 is 0 Å². The summed E-state index contributed by atoms with van der Waals surface area (Å²) in [5, 5.41) is 3.06. The Morgan fingerprint density at radius 1 is 0.966 bits per heavy atom. The van der Waals surface area contributed by atoms with Crippen molar-refractivity contribution in [1.82, 2.24) is 5.32 Å². The number of sulfonamides is 1. The maximum absolute atomic E-state index is 13.2. The average molecular weight is 417 g/mol. The number of anilines is 1. The summed E-state index contributed by atoms with van der Waals surface area (Å²) in [5.41, 5.74) is 4.74. The maximum atomic E-state index is 13.2. The van der Waals surface area contributed by atoms with Gasteiger partial charge >= 0.3 is 0 Å². The van der Waals surface area contributed by atoms with E-state index in [1.54, 1.807) is 6.07 Å². The van der Waals surface area contributed by atoms with Crippen LogP contribution in [0.1, 0.15) is 55.0 Å². The van der Waals surface area contributed by atoms with Crippen LogP contribution in [0.25, 0.3) is 0 Å². The maximum Gasteiger partial charge on any atom is 0.244 e. The van der Waals surface area contributed by atoms with Gasteiger partial charge in [-0.1, -0.05) is 49.7 Å². The number of benzene rings is 2. The van der Waals surface area contributed by atoms with Crippen LogP contribution in [0.2, 0.25) is 0 Å². The van der Waals surface area contributed by atoms with E-state index in [0.29, 0.717) is 18.5 Å². The normalized spacial score (nSPS) is 13.6. The van der Waals surface area contributed by atoms with Gasteiger partial charge in [0, 0.05) is 0 Å². The smallest absolute Gasteiger partial charge is 0.244 e. The van der Waals surface area contributed by atoms with E-state index < -0.39 is 16.1 Å². The van der Waals surface area contributed by atoms with Gasteiger partial charge in [0.2, 0.25) is 15.9 Å². The largest absolute Gasteiger partial charge is 0.347 e. The van der Waals surface area contributed by atoms with E-state index in [1.807, 2.05) is 71.0 Å². The van der Waals surface area contributed by atoms with Crippen LogP contribution in [0.5, 0.6) is 0 Å². The molecule has 0 aliphatic rings. The van der Waals surface area contributed by atoms with Gasteiger partial charge in [-0.25, -0.2) is 8.42 Å². The third kappa shape index (κ3) is 5.60. The van der Waals surface area contributed by atoms with Crippen LogP contribution in [-0.4, -0.2) is 26.6 Å². The van der Waals surface area contributed by atoms with Crippen molar-refractivity contribution >= 4 is 21.6 Å². The molecule has 2 aromatic rings. The van der Waals surface area contributed by atoms with Crippen molar-refractivity contribution in [1.29, 1.82) is 0 Å². The highest BCUT2D eigenvalue weighted by atomic mass is 32.2. The fourth-order valence-electron chi connectivity index (χ4n) is 3.41. The van der Waals surface area contributed by atoms with Crippen LogP contribution >= 0.6 is 0 Å². The Hall–Kier alpha value is -2.34. The minimum atomic E-state index is -3.64. The molecule has 0 fully saturated rings. The zero-order chi connectivity index (χ0) is 21.8. The second-order valence-electron chi connectivity index (χ2n) is 7.63. The number of hydrogen-bond acceptors (Lipinski definition) is 3. The molecule has 0 aliphatic carbocycles. The Kier molecular flexibility index (Phi) is 7.47. The van der Waals surface area contributed by atoms with Gasteiger partial charge < -0.3 is 5.32 Å². The molecule has 0 heterocycles. The summed E-state index contributed by atoms with van der Waals surface area (Å²) in [4.78, 5) is 13.2. The molecule has 0 spiro atoms. The van der Waals surface area contributed by atoms with Crippen molar-refractivity contribution in [2.24, 2.45) is 0 Å². The van der Waals surface area contributed by atoms with Gasteiger partial charge in [0.25, 0.3) is 0 Å². The summed E-state index contributed by atoms with van der Waals surface area (Å²) < 4.78 is 26.5. The second-order valence-corrected chi connectivity index (χ2v) is 9.49. The molecule has 2 aromatic carbocycles. The molecule has 1 N–H and O–H groups in total. The number of amides is 1. The molecule has 5 nitrogen and oxygen atoms in total. The average Bonchev–Trinajstić information content (AvgIpc) is 2.66. The van der Waals surface area contributed by atoms with Gasteiger partial charge in [-0.2, -0.15) is 0 Å². The third-order valence-electron chi connectivity index (χ3n) is 5.28. The van der Waals surface area contributed by atoms with Gasteiger partial charge in [0.1, 0.15) is 6.04 Å². The number of nitrogens with zero attached hydrogens (tertiary/aromatic N) is 1. The highest BCUT2D eigenvalue weighted by molar-refractivity contribution is 7.92. The van der Waals surface area contributed by atoms with E-state index in [2.05, 4.69) is 5.32 Å². The van der Waals surface area contributed by atoms with Crippen LogP contribution in [0.15, 0.2) is 42.5 Å². The first kappa shape index (κ1) is 22.9. The lowest BCUT2D eigenvalue weighted by Crippen LogP contribution is -2.50. The zero-order valence-corrected chi connectivity index (χ0v) is 19.0. The predicted molar refractivity (Wildman–Crippen MR) is 120 cm³/mol. The van der Waals surface area contributed by atoms with Crippen molar-refractivity contribution in [3.05, 3.63) is 64.7 Å². The van der Waals surface area contributed by atoms with Crippen molar-refractivity contribution < 1.29 is 13.2 Å². The minimum Gasteiger partial charge on any atom is -0.347 e. The molecule has 0 saturated heterocycles. The SMILES string of the molecule is CC[C@H](NC(=O)[C@H](CC)N(c1ccc(C)c(C)c1)S(C)(=O)=O)c1ccc(C)cc1. The summed E-state index contributed by atoms with van der Waals surface area (Å²) >= 11 is 0. The molecule has 0 unspecified atom stereocenters. The molecule has 0 saturated carbocycles. The number of hydrogen-bond donors (Lipinski definition) is 1. The monoisotopic (exact) mass is 416 g/mol. The van der Waals surface area contributed by atoms with Crippen LogP contribution in [-0.2, 0) is 14.8 Å². The van der Waals surface area contributed by atoms with Gasteiger partial charge in [0.05, 0.1) is 18.0 Å². The van der Waals surface area contributed by atoms with E-state index in [4.69, 9.17) is 0 Å². The van der Waals surface area contributed by atoms with Gasteiger partial charge in [-0.15, -0.1) is 0 Å². The van der Waals surface area contributed by atoms with E-state index in [0.717, 1.165) is 28.5 Å². The first-order valence-corrected chi connectivity index (χ1v) is 11.9. The Labute approximate surface area is 175 Å². The molecular formula is C23H32N2O3S. The van der Waals surface area contributed by atoms with E-state index in [9.17, 15) is 13.2 Å². The quantitative estimate of drug-likeness (QED) is 0.692. The Morgan fingerprint density at radius 3 is 2.07 bits per heavy atom. The van der Waals surface area contributed by atoms with Crippen LogP contribution < -0.4 is 9.62 Å². The number of carbonyl (C=O) groups excluding carboxylic acids is 1. The van der Waals surface area contributed by atoms with E-state index in [-0.39, 0.29) is 11.9 Å². The molecule has 0 radical (unpaired) electrons.